The van der Waals surface area contributed by atoms with Crippen molar-refractivity contribution < 1.29 is 8.42 Å². The van der Waals surface area contributed by atoms with E-state index in [2.05, 4.69) is 23.2 Å². The van der Waals surface area contributed by atoms with Crippen LogP contribution in [0.5, 0.6) is 0 Å². The highest BCUT2D eigenvalue weighted by Gasteiger charge is 2.14. The fourth-order valence-electron chi connectivity index (χ4n) is 1.66. The zero-order valence-electron chi connectivity index (χ0n) is 12.1. The molecule has 7 heteroatoms. The molecule has 0 spiro atoms. The summed E-state index contributed by atoms with van der Waals surface area (Å²) in [6.45, 7) is 5.02. The van der Waals surface area contributed by atoms with Crippen LogP contribution in [0.3, 0.4) is 0 Å². The predicted molar refractivity (Wildman–Crippen MR) is 87.8 cm³/mol. The Balaban J connectivity index is 2.82. The van der Waals surface area contributed by atoms with Gasteiger partial charge in [0.05, 0.1) is 16.3 Å². The topological polar surface area (TPSA) is 84.2 Å². The van der Waals surface area contributed by atoms with E-state index in [1.165, 1.54) is 6.07 Å². The summed E-state index contributed by atoms with van der Waals surface area (Å²) in [7, 11) is -3.45. The third kappa shape index (κ3) is 4.88. The summed E-state index contributed by atoms with van der Waals surface area (Å²) < 4.78 is 26.4. The monoisotopic (exact) mass is 317 g/mol. The van der Waals surface area contributed by atoms with E-state index >= 15 is 0 Å². The molecule has 0 saturated carbocycles. The van der Waals surface area contributed by atoms with Crippen molar-refractivity contribution in [3.05, 3.63) is 18.2 Å². The van der Waals surface area contributed by atoms with E-state index in [0.29, 0.717) is 23.2 Å². The minimum atomic E-state index is -3.45. The third-order valence-electron chi connectivity index (χ3n) is 2.94. The van der Waals surface area contributed by atoms with Gasteiger partial charge in [-0.05, 0) is 30.9 Å². The molecule has 0 aliphatic heterocycles. The van der Waals surface area contributed by atoms with E-state index in [-0.39, 0.29) is 4.90 Å². The number of hydrogen-bond donors (Lipinski definition) is 3. The molecule has 1 aromatic carbocycles. The van der Waals surface area contributed by atoms with Crippen molar-refractivity contribution in [3.8, 4) is 0 Å². The van der Waals surface area contributed by atoms with Crippen molar-refractivity contribution in [2.24, 2.45) is 0 Å². The highest BCUT2D eigenvalue weighted by molar-refractivity contribution is 7.99. The Morgan fingerprint density at radius 1 is 1.40 bits per heavy atom. The van der Waals surface area contributed by atoms with Crippen LogP contribution in [-0.2, 0) is 10.0 Å². The second-order valence-electron chi connectivity index (χ2n) is 4.51. The minimum Gasteiger partial charge on any atom is -0.397 e. The highest BCUT2D eigenvalue weighted by Crippen LogP contribution is 2.23. The van der Waals surface area contributed by atoms with Gasteiger partial charge in [0.1, 0.15) is 0 Å². The van der Waals surface area contributed by atoms with E-state index < -0.39 is 10.0 Å². The van der Waals surface area contributed by atoms with Crippen LogP contribution in [0.4, 0.5) is 11.4 Å². The van der Waals surface area contributed by atoms with Crippen molar-refractivity contribution in [2.45, 2.75) is 30.4 Å². The van der Waals surface area contributed by atoms with Gasteiger partial charge in [-0.1, -0.05) is 13.8 Å². The average molecular weight is 317 g/mol. The second kappa shape index (κ2) is 7.75. The van der Waals surface area contributed by atoms with E-state index in [1.54, 1.807) is 30.8 Å². The van der Waals surface area contributed by atoms with Crippen LogP contribution in [0.15, 0.2) is 23.1 Å². The van der Waals surface area contributed by atoms with Gasteiger partial charge in [0.25, 0.3) is 0 Å². The Labute approximate surface area is 125 Å². The maximum Gasteiger partial charge on any atom is 0.240 e. The van der Waals surface area contributed by atoms with Crippen LogP contribution in [0.2, 0.25) is 0 Å². The molecule has 0 heterocycles. The SMILES string of the molecule is CCNS(=O)(=O)c1ccc(N)c(NCCC(C)SC)c1. The summed E-state index contributed by atoms with van der Waals surface area (Å²) in [5, 5.41) is 3.76. The lowest BCUT2D eigenvalue weighted by molar-refractivity contribution is 0.584. The van der Waals surface area contributed by atoms with Gasteiger partial charge in [0, 0.05) is 18.3 Å². The summed E-state index contributed by atoms with van der Waals surface area (Å²) in [5.74, 6) is 0. The molecule has 1 rings (SSSR count). The molecular weight excluding hydrogens is 294 g/mol. The number of sulfonamides is 1. The molecule has 0 saturated heterocycles. The lowest BCUT2D eigenvalue weighted by Crippen LogP contribution is -2.23. The number of thioether (sulfide) groups is 1. The Kier molecular flexibility index (Phi) is 6.64. The lowest BCUT2D eigenvalue weighted by atomic mass is 10.2. The number of hydrogen-bond acceptors (Lipinski definition) is 5. The van der Waals surface area contributed by atoms with Crippen LogP contribution in [-0.4, -0.2) is 33.0 Å². The lowest BCUT2D eigenvalue weighted by Gasteiger charge is -2.13. The van der Waals surface area contributed by atoms with E-state index in [1.807, 2.05) is 0 Å². The zero-order valence-corrected chi connectivity index (χ0v) is 13.8. The van der Waals surface area contributed by atoms with Crippen molar-refractivity contribution in [1.82, 2.24) is 4.72 Å². The Hall–Kier alpha value is -0.920. The fraction of sp³-hybridized carbons (Fsp3) is 0.538. The molecule has 0 bridgehead atoms. The first-order valence-corrected chi connectivity index (χ1v) is 9.33. The smallest absolute Gasteiger partial charge is 0.240 e. The van der Waals surface area contributed by atoms with E-state index in [4.69, 9.17) is 5.73 Å². The molecule has 0 radical (unpaired) electrons. The largest absolute Gasteiger partial charge is 0.397 e. The molecule has 5 nitrogen and oxygen atoms in total. The molecule has 4 N–H and O–H groups in total. The molecule has 1 atom stereocenters. The summed E-state index contributed by atoms with van der Waals surface area (Å²) in [6, 6.07) is 4.71. The van der Waals surface area contributed by atoms with Gasteiger partial charge in [-0.2, -0.15) is 11.8 Å². The zero-order chi connectivity index (χ0) is 15.2. The molecule has 0 fully saturated rings. The normalized spacial score (nSPS) is 13.2. The van der Waals surface area contributed by atoms with Crippen LogP contribution in [0.25, 0.3) is 0 Å². The molecule has 0 aliphatic rings. The Morgan fingerprint density at radius 3 is 2.70 bits per heavy atom. The molecule has 0 amide bonds. The number of nitrogens with two attached hydrogens (primary N) is 1. The van der Waals surface area contributed by atoms with Gasteiger partial charge in [-0.3, -0.25) is 0 Å². The second-order valence-corrected chi connectivity index (χ2v) is 7.56. The molecule has 1 aromatic rings. The molecule has 20 heavy (non-hydrogen) atoms. The Bertz CT molecular complexity index is 532. The molecular formula is C13H23N3O2S2. The van der Waals surface area contributed by atoms with Crippen molar-refractivity contribution >= 4 is 33.2 Å². The number of nitrogen functional groups attached to an aromatic ring is 1. The first-order valence-electron chi connectivity index (χ1n) is 6.56. The predicted octanol–water partition coefficient (Wildman–Crippen LogP) is 2.12. The number of benzene rings is 1. The molecule has 1 unspecified atom stereocenters. The maximum atomic E-state index is 11.9. The number of nitrogens with one attached hydrogen (secondary N) is 2. The third-order valence-corrected chi connectivity index (χ3v) is 5.52. The summed E-state index contributed by atoms with van der Waals surface area (Å²) in [6.07, 6.45) is 3.06. The number of rotatable bonds is 8. The summed E-state index contributed by atoms with van der Waals surface area (Å²) >= 11 is 1.80. The van der Waals surface area contributed by atoms with Gasteiger partial charge in [-0.25, -0.2) is 13.1 Å². The van der Waals surface area contributed by atoms with Crippen molar-refractivity contribution in [3.63, 3.8) is 0 Å². The highest BCUT2D eigenvalue weighted by atomic mass is 32.2. The summed E-state index contributed by atoms with van der Waals surface area (Å²) in [5.41, 5.74) is 7.09. The molecule has 0 aliphatic carbocycles. The first-order chi connectivity index (χ1) is 9.40. The van der Waals surface area contributed by atoms with Crippen molar-refractivity contribution in [2.75, 3.05) is 30.4 Å². The average Bonchev–Trinajstić information content (AvgIpc) is 2.40. The fourth-order valence-corrected chi connectivity index (χ4v) is 3.08. The Morgan fingerprint density at radius 2 is 2.10 bits per heavy atom. The molecule has 0 aromatic heterocycles. The van der Waals surface area contributed by atoms with Crippen LogP contribution in [0, 0.1) is 0 Å². The maximum absolute atomic E-state index is 11.9. The molecule has 114 valence electrons. The van der Waals surface area contributed by atoms with E-state index in [0.717, 1.165) is 13.0 Å². The van der Waals surface area contributed by atoms with Gasteiger partial charge in [0.15, 0.2) is 0 Å². The minimum absolute atomic E-state index is 0.231. The standard InChI is InChI=1S/C13H23N3O2S2/c1-4-16-20(17,18)11-5-6-12(14)13(9-11)15-8-7-10(2)19-3/h5-6,9-10,15-16H,4,7-8,14H2,1-3H3. The van der Waals surface area contributed by atoms with Crippen molar-refractivity contribution in [1.29, 1.82) is 0 Å². The quantitative estimate of drug-likeness (QED) is 0.640. The van der Waals surface area contributed by atoms with Crippen LogP contribution in [0.1, 0.15) is 20.3 Å². The van der Waals surface area contributed by atoms with Crippen LogP contribution < -0.4 is 15.8 Å². The van der Waals surface area contributed by atoms with Gasteiger partial charge in [-0.15, -0.1) is 0 Å². The number of anilines is 2. The van der Waals surface area contributed by atoms with Gasteiger partial charge < -0.3 is 11.1 Å². The van der Waals surface area contributed by atoms with Crippen LogP contribution >= 0.6 is 11.8 Å². The summed E-state index contributed by atoms with van der Waals surface area (Å²) in [4.78, 5) is 0.231. The van der Waals surface area contributed by atoms with Gasteiger partial charge in [0.2, 0.25) is 10.0 Å². The first kappa shape index (κ1) is 17.1. The van der Waals surface area contributed by atoms with E-state index in [9.17, 15) is 8.42 Å². The van der Waals surface area contributed by atoms with Gasteiger partial charge >= 0.3 is 0 Å².